The van der Waals surface area contributed by atoms with Crippen molar-refractivity contribution in [2.24, 2.45) is 0 Å². The summed E-state index contributed by atoms with van der Waals surface area (Å²) in [5.74, 6) is 1.13. The molecule has 0 spiro atoms. The number of hydrogen-bond acceptors (Lipinski definition) is 3. The predicted octanol–water partition coefficient (Wildman–Crippen LogP) is 2.30. The second-order valence-corrected chi connectivity index (χ2v) is 4.53. The van der Waals surface area contributed by atoms with Crippen LogP contribution in [0.4, 0.5) is 0 Å². The molecule has 1 saturated carbocycles. The smallest absolute Gasteiger partial charge is 0.122 e. The number of aliphatic hydroxyl groups is 1. The Bertz CT molecular complexity index is 570. The monoisotopic (exact) mass is 256 g/mol. The molecule has 0 aromatic heterocycles. The first-order valence-corrected chi connectivity index (χ1v) is 6.10. The van der Waals surface area contributed by atoms with Crippen LogP contribution in [0.25, 0.3) is 0 Å². The molecule has 100 valence electrons. The van der Waals surface area contributed by atoms with Crippen molar-refractivity contribution < 1.29 is 19.4 Å². The van der Waals surface area contributed by atoms with Gasteiger partial charge in [0.15, 0.2) is 0 Å². The van der Waals surface area contributed by atoms with Gasteiger partial charge in [-0.05, 0) is 30.4 Å². The van der Waals surface area contributed by atoms with E-state index in [4.69, 9.17) is 14.3 Å². The second kappa shape index (κ2) is 6.21. The van der Waals surface area contributed by atoms with Crippen molar-refractivity contribution in [3.05, 3.63) is 29.8 Å². The Labute approximate surface area is 119 Å². The molecule has 2 N–H and O–H groups in total. The molecule has 0 heterocycles. The van der Waals surface area contributed by atoms with E-state index in [0.717, 1.165) is 18.4 Å². The van der Waals surface area contributed by atoms with E-state index in [1.54, 1.807) is 6.07 Å². The van der Waals surface area contributed by atoms with Crippen LogP contribution < -0.4 is 10.1 Å². The van der Waals surface area contributed by atoms with Crippen LogP contribution in [0, 0.1) is 0 Å². The summed E-state index contributed by atoms with van der Waals surface area (Å²) in [5.41, 5.74) is 1.07. The molecule has 1 aliphatic carbocycles. The zero-order valence-electron chi connectivity index (χ0n) is 17.1. The fourth-order valence-electron chi connectivity index (χ4n) is 1.81. The summed E-state index contributed by atoms with van der Waals surface area (Å²) in [7, 11) is 0. The zero-order chi connectivity index (χ0) is 18.9. The maximum Gasteiger partial charge on any atom is 0.122 e. The summed E-state index contributed by atoms with van der Waals surface area (Å²) < 4.78 is 57.3. The van der Waals surface area contributed by atoms with Crippen LogP contribution in [0.15, 0.2) is 24.3 Å². The molecule has 0 saturated heterocycles. The molecule has 0 aliphatic heterocycles. The van der Waals surface area contributed by atoms with Crippen molar-refractivity contribution in [3.63, 3.8) is 0 Å². The summed E-state index contributed by atoms with van der Waals surface area (Å²) in [5, 5.41) is 12.2. The molecular weight excluding hydrogens is 226 g/mol. The molecule has 0 bridgehead atoms. The van der Waals surface area contributed by atoms with Crippen molar-refractivity contribution in [1.29, 1.82) is 0 Å². The lowest BCUT2D eigenvalue weighted by Crippen LogP contribution is -2.35. The first kappa shape index (κ1) is 6.92. The number of ether oxygens (including phenoxy) is 1. The van der Waals surface area contributed by atoms with Crippen molar-refractivity contribution in [2.75, 3.05) is 13.2 Å². The van der Waals surface area contributed by atoms with Crippen LogP contribution in [0.2, 0.25) is 0 Å². The Kier molecular flexibility index (Phi) is 2.39. The molecule has 1 aromatic carbocycles. The van der Waals surface area contributed by atoms with Crippen molar-refractivity contribution in [2.45, 2.75) is 44.6 Å². The van der Waals surface area contributed by atoms with Crippen LogP contribution in [0.3, 0.4) is 0 Å². The molecule has 2 rings (SSSR count). The van der Waals surface area contributed by atoms with Crippen LogP contribution in [-0.4, -0.2) is 30.4 Å². The highest BCUT2D eigenvalue weighted by molar-refractivity contribution is 5.38. The first-order chi connectivity index (χ1) is 11.5. The average Bonchev–Trinajstić information content (AvgIpc) is 3.33. The number of hydrogen-bond donors (Lipinski definition) is 2. The highest BCUT2D eigenvalue weighted by Gasteiger charge is 2.26. The van der Waals surface area contributed by atoms with Gasteiger partial charge in [-0.2, -0.15) is 0 Å². The molecule has 1 aromatic rings. The van der Waals surface area contributed by atoms with E-state index in [0.29, 0.717) is 11.7 Å². The lowest BCUT2D eigenvalue weighted by atomic mass is 10.1. The van der Waals surface area contributed by atoms with E-state index in [9.17, 15) is 5.11 Å². The summed E-state index contributed by atoms with van der Waals surface area (Å²) >= 11 is 0. The van der Waals surface area contributed by atoms with E-state index in [-0.39, 0.29) is 13.2 Å². The Hall–Kier alpha value is -1.06. The normalized spacial score (nSPS) is 24.6. The van der Waals surface area contributed by atoms with Crippen LogP contribution in [0.5, 0.6) is 5.75 Å². The summed E-state index contributed by atoms with van der Waals surface area (Å²) in [6, 6.07) is 4.65. The minimum atomic E-state index is -3.07. The maximum absolute atomic E-state index is 10.0. The van der Waals surface area contributed by atoms with Gasteiger partial charge < -0.3 is 15.2 Å². The SMILES string of the molecule is [2H]C([2H])([2H])C([2H])(NCC(O)COc1ccccc1C1CC1)C([2H])([2H])[2H]. The van der Waals surface area contributed by atoms with E-state index < -0.39 is 25.8 Å². The fraction of sp³-hybridized carbons (Fsp3) is 0.600. The van der Waals surface area contributed by atoms with Gasteiger partial charge in [-0.1, -0.05) is 31.9 Å². The molecule has 0 radical (unpaired) electrons. The highest BCUT2D eigenvalue weighted by Crippen LogP contribution is 2.44. The molecule has 1 unspecified atom stereocenters. The summed E-state index contributed by atoms with van der Waals surface area (Å²) in [4.78, 5) is 0. The van der Waals surface area contributed by atoms with Gasteiger partial charge in [0.2, 0.25) is 0 Å². The summed E-state index contributed by atoms with van der Waals surface area (Å²) in [6.07, 6.45) is 1.05. The molecule has 1 atom stereocenters. The number of benzene rings is 1. The van der Waals surface area contributed by atoms with Gasteiger partial charge in [-0.25, -0.2) is 0 Å². The molecule has 1 aliphatic rings. The van der Waals surface area contributed by atoms with Gasteiger partial charge in [-0.15, -0.1) is 0 Å². The maximum atomic E-state index is 10.0. The Morgan fingerprint density at radius 2 is 2.28 bits per heavy atom. The molecule has 3 heteroatoms. The van der Waals surface area contributed by atoms with Gasteiger partial charge in [0.1, 0.15) is 18.5 Å². The van der Waals surface area contributed by atoms with Crippen molar-refractivity contribution in [1.82, 2.24) is 5.32 Å². The molecule has 1 fully saturated rings. The van der Waals surface area contributed by atoms with E-state index in [1.165, 1.54) is 0 Å². The van der Waals surface area contributed by atoms with Crippen LogP contribution in [-0.2, 0) is 0 Å². The Morgan fingerprint density at radius 1 is 1.50 bits per heavy atom. The number of para-hydroxylation sites is 1. The zero-order valence-corrected chi connectivity index (χ0v) is 10.1. The third kappa shape index (κ3) is 4.00. The minimum absolute atomic E-state index is 0.130. The average molecular weight is 256 g/mol. The first-order valence-electron chi connectivity index (χ1n) is 9.60. The van der Waals surface area contributed by atoms with Crippen molar-refractivity contribution in [3.8, 4) is 5.75 Å². The lowest BCUT2D eigenvalue weighted by Gasteiger charge is -2.16. The Morgan fingerprint density at radius 3 is 3.00 bits per heavy atom. The highest BCUT2D eigenvalue weighted by atomic mass is 16.5. The third-order valence-electron chi connectivity index (χ3n) is 2.88. The van der Waals surface area contributed by atoms with Gasteiger partial charge >= 0.3 is 0 Å². The topological polar surface area (TPSA) is 41.5 Å². The number of rotatable bonds is 7. The quantitative estimate of drug-likeness (QED) is 0.786. The second-order valence-electron chi connectivity index (χ2n) is 4.53. The third-order valence-corrected chi connectivity index (χ3v) is 2.88. The van der Waals surface area contributed by atoms with Gasteiger partial charge in [0.05, 0.1) is 0 Å². The fourth-order valence-corrected chi connectivity index (χ4v) is 1.81. The summed E-state index contributed by atoms with van der Waals surface area (Å²) in [6.45, 7) is -6.66. The minimum Gasteiger partial charge on any atom is -0.491 e. The van der Waals surface area contributed by atoms with Crippen LogP contribution in [0.1, 0.15) is 47.6 Å². The van der Waals surface area contributed by atoms with E-state index in [2.05, 4.69) is 5.32 Å². The molecule has 0 amide bonds. The molecule has 18 heavy (non-hydrogen) atoms. The number of nitrogens with one attached hydrogen (secondary N) is 1. The predicted molar refractivity (Wildman–Crippen MR) is 73.1 cm³/mol. The van der Waals surface area contributed by atoms with Gasteiger partial charge in [0, 0.05) is 22.2 Å². The number of aliphatic hydroxyl groups excluding tert-OH is 1. The van der Waals surface area contributed by atoms with E-state index >= 15 is 0 Å². The standard InChI is InChI=1S/C15H23NO2/c1-11(2)16-9-13(17)10-18-15-6-4-3-5-14(15)12-7-8-12/h3-6,11-13,16-17H,7-10H2,1-2H3/i1D3,2D3,11D. The van der Waals surface area contributed by atoms with Gasteiger partial charge in [0.25, 0.3) is 0 Å². The van der Waals surface area contributed by atoms with Gasteiger partial charge in [-0.3, -0.25) is 0 Å². The molecule has 3 nitrogen and oxygen atoms in total. The largest absolute Gasteiger partial charge is 0.491 e. The van der Waals surface area contributed by atoms with Crippen LogP contribution >= 0.6 is 0 Å². The van der Waals surface area contributed by atoms with E-state index in [1.807, 2.05) is 18.2 Å². The lowest BCUT2D eigenvalue weighted by molar-refractivity contribution is 0.104. The van der Waals surface area contributed by atoms with Crippen molar-refractivity contribution >= 4 is 0 Å². The Balaban J connectivity index is 1.93. The molecular formula is C15H23NO2.